The zero-order chi connectivity index (χ0) is 10.3. The lowest BCUT2D eigenvalue weighted by atomic mass is 10.1. The van der Waals surface area contributed by atoms with Crippen molar-refractivity contribution in [2.45, 2.75) is 10.6 Å². The predicted molar refractivity (Wildman–Crippen MR) is 60.5 cm³/mol. The second-order valence-electron chi connectivity index (χ2n) is 3.07. The van der Waals surface area contributed by atoms with E-state index in [4.69, 9.17) is 28.9 Å². The summed E-state index contributed by atoms with van der Waals surface area (Å²) in [6.45, 7) is 0. The molecule has 0 fully saturated rings. The van der Waals surface area contributed by atoms with E-state index in [9.17, 15) is 0 Å². The van der Waals surface area contributed by atoms with Crippen LogP contribution in [0.25, 0.3) is 0 Å². The second kappa shape index (κ2) is 3.68. The summed E-state index contributed by atoms with van der Waals surface area (Å²) in [6, 6.07) is 0. The fourth-order valence-electron chi connectivity index (χ4n) is 1.49. The quantitative estimate of drug-likeness (QED) is 0.777. The number of thioether (sulfide) groups is 1. The van der Waals surface area contributed by atoms with E-state index >= 15 is 0 Å². The molecular formula is C8H9Cl2N3S. The van der Waals surface area contributed by atoms with Crippen LogP contribution in [0.4, 0.5) is 0 Å². The fourth-order valence-corrected chi connectivity index (χ4v) is 3.13. The number of aryl methyl sites for hydroxylation is 1. The van der Waals surface area contributed by atoms with Gasteiger partial charge in [-0.25, -0.2) is 0 Å². The molecule has 3 nitrogen and oxygen atoms in total. The smallest absolute Gasteiger partial charge is 0.0969 e. The molecule has 0 radical (unpaired) electrons. The highest BCUT2D eigenvalue weighted by Crippen LogP contribution is 2.43. The summed E-state index contributed by atoms with van der Waals surface area (Å²) in [6.07, 6.45) is 3.54. The van der Waals surface area contributed by atoms with E-state index in [1.165, 1.54) is 11.8 Å². The standard InChI is InChI=1S/C8H9Cl2N3S/c1-13-7(5(9)3-12-13)4-2-6(11)14-8(4)10/h2-4,8H,11H2,1H3. The minimum absolute atomic E-state index is 0.0432. The zero-order valence-electron chi connectivity index (χ0n) is 7.45. The van der Waals surface area contributed by atoms with Gasteiger partial charge in [0.2, 0.25) is 0 Å². The van der Waals surface area contributed by atoms with Gasteiger partial charge in [0.1, 0.15) is 0 Å². The van der Waals surface area contributed by atoms with E-state index in [1.807, 2.05) is 13.1 Å². The molecule has 2 N–H and O–H groups in total. The SMILES string of the molecule is Cn1ncc(Cl)c1C1C=C(N)SC1Cl. The van der Waals surface area contributed by atoms with Gasteiger partial charge in [0.25, 0.3) is 0 Å². The molecule has 2 atom stereocenters. The zero-order valence-corrected chi connectivity index (χ0v) is 9.77. The largest absolute Gasteiger partial charge is 0.394 e. The molecule has 0 aliphatic carbocycles. The van der Waals surface area contributed by atoms with Crippen molar-refractivity contribution in [3.05, 3.63) is 28.0 Å². The van der Waals surface area contributed by atoms with Crippen LogP contribution >= 0.6 is 35.0 Å². The van der Waals surface area contributed by atoms with Crippen LogP contribution in [0.1, 0.15) is 11.6 Å². The third kappa shape index (κ3) is 1.62. The average Bonchev–Trinajstić information content (AvgIpc) is 2.57. The van der Waals surface area contributed by atoms with Gasteiger partial charge in [-0.05, 0) is 6.08 Å². The third-order valence-corrected chi connectivity index (χ3v) is 3.88. The van der Waals surface area contributed by atoms with Gasteiger partial charge in [-0.1, -0.05) is 23.4 Å². The molecule has 1 aliphatic heterocycles. The van der Waals surface area contributed by atoms with Crippen molar-refractivity contribution < 1.29 is 0 Å². The van der Waals surface area contributed by atoms with Gasteiger partial charge in [0.05, 0.1) is 26.7 Å². The van der Waals surface area contributed by atoms with Gasteiger partial charge < -0.3 is 5.73 Å². The Bertz CT molecular complexity index is 368. The summed E-state index contributed by atoms with van der Waals surface area (Å²) in [5, 5.41) is 5.44. The van der Waals surface area contributed by atoms with Gasteiger partial charge in [-0.15, -0.1) is 11.6 Å². The first-order valence-electron chi connectivity index (χ1n) is 4.05. The molecule has 0 amide bonds. The molecule has 0 spiro atoms. The lowest BCUT2D eigenvalue weighted by molar-refractivity contribution is 0.690. The monoisotopic (exact) mass is 249 g/mol. The number of hydrogen-bond donors (Lipinski definition) is 1. The van der Waals surface area contributed by atoms with E-state index in [-0.39, 0.29) is 10.6 Å². The van der Waals surface area contributed by atoms with Crippen LogP contribution in [0, 0.1) is 0 Å². The normalized spacial score (nSPS) is 26.6. The Balaban J connectivity index is 2.40. The maximum Gasteiger partial charge on any atom is 0.0969 e. The Morgan fingerprint density at radius 1 is 1.64 bits per heavy atom. The predicted octanol–water partition coefficient (Wildman–Crippen LogP) is 2.27. The summed E-state index contributed by atoms with van der Waals surface area (Å²) in [5.74, 6) is 0.0432. The first-order valence-corrected chi connectivity index (χ1v) is 5.74. The van der Waals surface area contributed by atoms with Gasteiger partial charge in [0.15, 0.2) is 0 Å². The van der Waals surface area contributed by atoms with Crippen molar-refractivity contribution in [2.24, 2.45) is 12.8 Å². The number of rotatable bonds is 1. The molecule has 2 unspecified atom stereocenters. The van der Waals surface area contributed by atoms with E-state index in [0.717, 1.165) is 10.7 Å². The van der Waals surface area contributed by atoms with Crippen molar-refractivity contribution in [3.8, 4) is 0 Å². The van der Waals surface area contributed by atoms with Crippen LogP contribution in [0.2, 0.25) is 5.02 Å². The van der Waals surface area contributed by atoms with E-state index in [0.29, 0.717) is 5.02 Å². The van der Waals surface area contributed by atoms with Gasteiger partial charge >= 0.3 is 0 Å². The number of nitrogens with two attached hydrogens (primary N) is 1. The van der Waals surface area contributed by atoms with Crippen LogP contribution in [-0.4, -0.2) is 14.5 Å². The number of aromatic nitrogens is 2. The Morgan fingerprint density at radius 3 is 2.79 bits per heavy atom. The maximum atomic E-state index is 6.14. The molecule has 1 aromatic rings. The Kier molecular flexibility index (Phi) is 2.68. The maximum absolute atomic E-state index is 6.14. The van der Waals surface area contributed by atoms with Crippen LogP contribution in [-0.2, 0) is 7.05 Å². The highest BCUT2D eigenvalue weighted by molar-refractivity contribution is 8.05. The number of halogens is 2. The molecule has 2 rings (SSSR count). The van der Waals surface area contributed by atoms with Crippen LogP contribution in [0.5, 0.6) is 0 Å². The lowest BCUT2D eigenvalue weighted by Crippen LogP contribution is -2.09. The molecule has 2 heterocycles. The molecule has 0 bridgehead atoms. The molecule has 0 saturated heterocycles. The Labute approximate surface area is 96.2 Å². The minimum Gasteiger partial charge on any atom is -0.394 e. The first-order chi connectivity index (χ1) is 6.59. The second-order valence-corrected chi connectivity index (χ2v) is 5.42. The molecule has 1 aliphatic rings. The molecular weight excluding hydrogens is 241 g/mol. The third-order valence-electron chi connectivity index (χ3n) is 2.13. The van der Waals surface area contributed by atoms with Gasteiger partial charge in [-0.3, -0.25) is 4.68 Å². The molecule has 0 saturated carbocycles. The Hall–Kier alpha value is -0.320. The van der Waals surface area contributed by atoms with Crippen molar-refractivity contribution in [3.63, 3.8) is 0 Å². The number of hydrogen-bond acceptors (Lipinski definition) is 3. The van der Waals surface area contributed by atoms with Crippen LogP contribution < -0.4 is 5.73 Å². The van der Waals surface area contributed by atoms with E-state index < -0.39 is 0 Å². The molecule has 0 aromatic carbocycles. The summed E-state index contributed by atoms with van der Waals surface area (Å²) < 4.78 is 1.64. The van der Waals surface area contributed by atoms with E-state index in [2.05, 4.69) is 5.10 Å². The summed E-state index contributed by atoms with van der Waals surface area (Å²) in [5.41, 5.74) is 6.60. The number of allylic oxidation sites excluding steroid dienone is 1. The lowest BCUT2D eigenvalue weighted by Gasteiger charge is -2.12. The highest BCUT2D eigenvalue weighted by atomic mass is 35.5. The van der Waals surface area contributed by atoms with Crippen molar-refractivity contribution in [2.75, 3.05) is 0 Å². The van der Waals surface area contributed by atoms with E-state index in [1.54, 1.807) is 10.9 Å². The molecule has 14 heavy (non-hydrogen) atoms. The molecule has 1 aromatic heterocycles. The van der Waals surface area contributed by atoms with Crippen molar-refractivity contribution in [1.82, 2.24) is 9.78 Å². The van der Waals surface area contributed by atoms with Crippen LogP contribution in [0.3, 0.4) is 0 Å². The first kappa shape index (κ1) is 10.2. The molecule has 76 valence electrons. The average molecular weight is 250 g/mol. The Morgan fingerprint density at radius 2 is 2.36 bits per heavy atom. The van der Waals surface area contributed by atoms with Crippen molar-refractivity contribution >= 4 is 35.0 Å². The van der Waals surface area contributed by atoms with Crippen molar-refractivity contribution in [1.29, 1.82) is 0 Å². The van der Waals surface area contributed by atoms with Crippen LogP contribution in [0.15, 0.2) is 17.3 Å². The van der Waals surface area contributed by atoms with Gasteiger partial charge in [0, 0.05) is 13.0 Å². The summed E-state index contributed by atoms with van der Waals surface area (Å²) in [4.78, 5) is 0. The highest BCUT2D eigenvalue weighted by Gasteiger charge is 2.30. The summed E-state index contributed by atoms with van der Waals surface area (Å²) >= 11 is 13.6. The number of alkyl halides is 1. The molecule has 6 heteroatoms. The minimum atomic E-state index is -0.0945. The number of nitrogens with zero attached hydrogens (tertiary/aromatic N) is 2. The fraction of sp³-hybridized carbons (Fsp3) is 0.375. The summed E-state index contributed by atoms with van der Waals surface area (Å²) in [7, 11) is 1.85. The van der Waals surface area contributed by atoms with Gasteiger partial charge in [-0.2, -0.15) is 5.10 Å². The topological polar surface area (TPSA) is 43.8 Å².